The Hall–Kier alpha value is -5.78. The van der Waals surface area contributed by atoms with E-state index in [2.05, 4.69) is 194 Å². The summed E-state index contributed by atoms with van der Waals surface area (Å²) in [5.74, 6) is 0. The Balaban J connectivity index is 1.29. The van der Waals surface area contributed by atoms with Crippen LogP contribution in [0.4, 0.5) is 11.4 Å². The first-order valence-corrected chi connectivity index (χ1v) is 23.8. The molecule has 0 amide bonds. The second kappa shape index (κ2) is 12.1. The zero-order chi connectivity index (χ0) is 43.3. The van der Waals surface area contributed by atoms with Gasteiger partial charge in [0.15, 0.2) is 0 Å². The molecule has 13 rings (SSSR count). The molecule has 1 aliphatic carbocycles. The minimum Gasteiger partial charge on any atom is -0.455 e. The van der Waals surface area contributed by atoms with Crippen LogP contribution in [0, 0.1) is 0 Å². The van der Waals surface area contributed by atoms with Crippen LogP contribution in [0.2, 0.25) is 0 Å². The highest BCUT2D eigenvalue weighted by molar-refractivity contribution is 7.26. The molecule has 0 atom stereocenters. The predicted molar refractivity (Wildman–Crippen MR) is 273 cm³/mol. The Bertz CT molecular complexity index is 3650. The molecule has 0 bridgehead atoms. The number of furan rings is 1. The molecular weight excluding hydrogens is 784 g/mol. The van der Waals surface area contributed by atoms with Crippen LogP contribution < -0.4 is 15.7 Å². The maximum Gasteiger partial charge on any atom is 0.333 e. The van der Waals surface area contributed by atoms with E-state index in [4.69, 9.17) is 4.42 Å². The first-order chi connectivity index (χ1) is 30.0. The minimum absolute atomic E-state index is 0.0396. The zero-order valence-electron chi connectivity index (χ0n) is 38.2. The van der Waals surface area contributed by atoms with E-state index in [1.165, 1.54) is 127 Å². The fourth-order valence-corrected chi connectivity index (χ4v) is 13.0. The molecule has 0 fully saturated rings. The highest BCUT2D eigenvalue weighted by Crippen LogP contribution is 2.54. The van der Waals surface area contributed by atoms with Gasteiger partial charge in [0.2, 0.25) is 0 Å². The van der Waals surface area contributed by atoms with Crippen molar-refractivity contribution in [3.05, 3.63) is 138 Å². The van der Waals surface area contributed by atoms with Crippen molar-refractivity contribution in [2.24, 2.45) is 0 Å². The van der Waals surface area contributed by atoms with Crippen LogP contribution in [-0.4, -0.2) is 11.4 Å². The number of hydrogen-bond donors (Lipinski definition) is 0. The average Bonchev–Trinajstić information content (AvgIpc) is 3.92. The Morgan fingerprint density at radius 1 is 0.603 bits per heavy atom. The summed E-state index contributed by atoms with van der Waals surface area (Å²) >= 11 is 1.92. The van der Waals surface area contributed by atoms with Crippen LogP contribution in [0.3, 0.4) is 0 Å². The first kappa shape index (κ1) is 37.8. The van der Waals surface area contributed by atoms with Crippen LogP contribution in [-0.2, 0) is 21.7 Å². The number of hydrogen-bond acceptors (Lipinski definition) is 3. The molecule has 0 unspecified atom stereocenters. The van der Waals surface area contributed by atoms with Gasteiger partial charge < -0.3 is 13.8 Å². The fourth-order valence-electron chi connectivity index (χ4n) is 11.9. The highest BCUT2D eigenvalue weighted by atomic mass is 32.1. The van der Waals surface area contributed by atoms with Crippen LogP contribution in [0.15, 0.2) is 120 Å². The summed E-state index contributed by atoms with van der Waals surface area (Å²) in [7, 11) is 0. The van der Waals surface area contributed by atoms with Crippen molar-refractivity contribution in [1.82, 2.24) is 4.57 Å². The van der Waals surface area contributed by atoms with Crippen molar-refractivity contribution in [1.29, 1.82) is 0 Å². The first-order valence-electron chi connectivity index (χ1n) is 23.0. The van der Waals surface area contributed by atoms with Gasteiger partial charge in [0.25, 0.3) is 0 Å². The van der Waals surface area contributed by atoms with Crippen molar-refractivity contribution in [2.75, 3.05) is 4.81 Å². The van der Waals surface area contributed by atoms with E-state index in [1.54, 1.807) is 0 Å². The summed E-state index contributed by atoms with van der Waals surface area (Å²) in [6.07, 6.45) is 2.34. The maximum absolute atomic E-state index is 7.33. The van der Waals surface area contributed by atoms with Gasteiger partial charge in [-0.2, -0.15) is 0 Å². The number of aromatic nitrogens is 1. The highest BCUT2D eigenvalue weighted by Gasteiger charge is 2.47. The van der Waals surface area contributed by atoms with E-state index in [0.717, 1.165) is 11.2 Å². The van der Waals surface area contributed by atoms with Crippen molar-refractivity contribution in [3.8, 4) is 16.8 Å². The van der Waals surface area contributed by atoms with Crippen LogP contribution in [0.25, 0.3) is 80.7 Å². The van der Waals surface area contributed by atoms with Crippen molar-refractivity contribution in [2.45, 2.75) is 104 Å². The summed E-state index contributed by atoms with van der Waals surface area (Å²) in [5, 5.41) is 7.71. The number of thiophene rings is 1. The Morgan fingerprint density at radius 2 is 1.27 bits per heavy atom. The van der Waals surface area contributed by atoms with E-state index in [-0.39, 0.29) is 28.5 Å². The van der Waals surface area contributed by atoms with Gasteiger partial charge >= 0.3 is 6.85 Å². The third-order valence-electron chi connectivity index (χ3n) is 15.5. The molecule has 0 radical (unpaired) electrons. The summed E-state index contributed by atoms with van der Waals surface area (Å²) in [6.45, 7) is 23.7. The van der Waals surface area contributed by atoms with Gasteiger partial charge in [-0.15, -0.1) is 11.3 Å². The van der Waals surface area contributed by atoms with Crippen molar-refractivity contribution >= 4 is 104 Å². The van der Waals surface area contributed by atoms with E-state index in [0.29, 0.717) is 0 Å². The van der Waals surface area contributed by atoms with E-state index >= 15 is 0 Å². The normalized spacial score (nSPS) is 16.5. The van der Waals surface area contributed by atoms with Gasteiger partial charge in [-0.05, 0) is 122 Å². The van der Waals surface area contributed by atoms with Gasteiger partial charge in [0.05, 0.1) is 11.0 Å². The molecule has 5 heterocycles. The van der Waals surface area contributed by atoms with Crippen LogP contribution in [0.1, 0.15) is 104 Å². The third-order valence-corrected chi connectivity index (χ3v) is 16.7. The van der Waals surface area contributed by atoms with E-state index in [9.17, 15) is 0 Å². The zero-order valence-corrected chi connectivity index (χ0v) is 39.0. The lowest BCUT2D eigenvalue weighted by atomic mass is 9.43. The summed E-state index contributed by atoms with van der Waals surface area (Å²) in [4.78, 5) is 2.68. The number of rotatable bonds is 1. The molecule has 5 heteroatoms. The molecular formula is C58H53BN2OS. The molecule has 3 aromatic heterocycles. The fraction of sp³-hybridized carbons (Fsp3) is 0.276. The van der Waals surface area contributed by atoms with Gasteiger partial charge in [-0.1, -0.05) is 130 Å². The van der Waals surface area contributed by atoms with Crippen LogP contribution in [0.5, 0.6) is 0 Å². The lowest BCUT2D eigenvalue weighted by Crippen LogP contribution is -2.60. The standard InChI is InChI=1S/C58H53BN2OS/c1-55(2,3)32-19-22-34(23-20-32)61-43-24-21-33(56(4,5)6)27-38(43)51-52-53-49(50-36-16-11-13-17-46(36)62-54(50)51)39-28-40-41(58(9,10)26-25-57(40,7)8)30-44(39)60(53)45-31-48-37(29-42(45)59(52)61)35-15-12-14-18-47(35)63-48/h11-24,27-31H,25-26H2,1-10H3. The molecule has 2 aliphatic heterocycles. The SMILES string of the molecule is CC(C)(C)c1ccc(N2B3c4cc5c(cc4-n4c6cc7c(cc6c6c8c(oc9ccccc98)c(c3c64)-c3cc(C(C)(C)C)ccc32)C(C)(C)CCC7(C)C)sc2ccccc25)cc1. The summed E-state index contributed by atoms with van der Waals surface area (Å²) in [5.41, 5.74) is 19.1. The smallest absolute Gasteiger partial charge is 0.333 e. The van der Waals surface area contributed by atoms with Gasteiger partial charge in [0.1, 0.15) is 11.2 Å². The van der Waals surface area contributed by atoms with Crippen molar-refractivity contribution < 1.29 is 4.42 Å². The summed E-state index contributed by atoms with van der Waals surface area (Å²) < 4.78 is 12.7. The topological polar surface area (TPSA) is 21.3 Å². The van der Waals surface area contributed by atoms with E-state index < -0.39 is 0 Å². The molecule has 63 heavy (non-hydrogen) atoms. The van der Waals surface area contributed by atoms with Gasteiger partial charge in [-0.25, -0.2) is 0 Å². The Kier molecular flexibility index (Phi) is 7.23. The second-order valence-corrected chi connectivity index (χ2v) is 23.5. The number of para-hydroxylation sites is 1. The third kappa shape index (κ3) is 4.98. The minimum atomic E-state index is -0.119. The largest absolute Gasteiger partial charge is 0.455 e. The van der Waals surface area contributed by atoms with E-state index in [1.807, 2.05) is 11.3 Å². The molecule has 3 aliphatic rings. The van der Waals surface area contributed by atoms with Crippen molar-refractivity contribution in [3.63, 3.8) is 0 Å². The molecule has 0 saturated carbocycles. The second-order valence-electron chi connectivity index (χ2n) is 22.4. The average molecular weight is 837 g/mol. The Labute approximate surface area is 374 Å². The monoisotopic (exact) mass is 836 g/mol. The molecule has 0 N–H and O–H groups in total. The lowest BCUT2D eigenvalue weighted by Gasteiger charge is -2.42. The molecule has 7 aromatic carbocycles. The number of benzene rings is 7. The predicted octanol–water partition coefficient (Wildman–Crippen LogP) is 15.2. The molecule has 3 nitrogen and oxygen atoms in total. The number of nitrogens with zero attached hydrogens (tertiary/aromatic N) is 2. The number of fused-ring (bicyclic) bond motifs is 17. The number of anilines is 2. The quantitative estimate of drug-likeness (QED) is 0.154. The lowest BCUT2D eigenvalue weighted by molar-refractivity contribution is 0.332. The molecule has 0 spiro atoms. The summed E-state index contributed by atoms with van der Waals surface area (Å²) in [6, 6.07) is 44.9. The Morgan fingerprint density at radius 3 is 2.00 bits per heavy atom. The maximum atomic E-state index is 7.33. The van der Waals surface area contributed by atoms with Gasteiger partial charge in [0, 0.05) is 69.9 Å². The van der Waals surface area contributed by atoms with Crippen LogP contribution >= 0.6 is 11.3 Å². The molecule has 310 valence electrons. The van der Waals surface area contributed by atoms with Gasteiger partial charge in [-0.3, -0.25) is 0 Å². The molecule has 10 aromatic rings. The molecule has 0 saturated heterocycles.